The molecule has 1 aromatic heterocycles. The van der Waals surface area contributed by atoms with Gasteiger partial charge in [-0.3, -0.25) is 49.4 Å². The number of hydrazine groups is 1. The van der Waals surface area contributed by atoms with Gasteiger partial charge in [0.05, 0.1) is 0 Å². The van der Waals surface area contributed by atoms with E-state index in [0.717, 1.165) is 24.0 Å². The molecule has 0 saturated carbocycles. The van der Waals surface area contributed by atoms with E-state index < -0.39 is 85.6 Å². The van der Waals surface area contributed by atoms with Gasteiger partial charge in [-0.15, -0.1) is 10.2 Å². The van der Waals surface area contributed by atoms with Gasteiger partial charge in [-0.1, -0.05) is 102 Å². The summed E-state index contributed by atoms with van der Waals surface area (Å²) in [5.41, 5.74) is 4.98. The molecule has 0 spiro atoms. The van der Waals surface area contributed by atoms with Crippen molar-refractivity contribution in [3.05, 3.63) is 83.6 Å². The number of hydrogen-bond acceptors (Lipinski definition) is 14. The van der Waals surface area contributed by atoms with Gasteiger partial charge in [0.15, 0.2) is 0 Å². The largest absolute Gasteiger partial charge is 0.445 e. The van der Waals surface area contributed by atoms with Gasteiger partial charge in [0, 0.05) is 58.4 Å². The van der Waals surface area contributed by atoms with Crippen molar-refractivity contribution in [1.82, 2.24) is 40.6 Å². The zero-order valence-corrected chi connectivity index (χ0v) is 44.5. The molecule has 0 bridgehead atoms. The van der Waals surface area contributed by atoms with Crippen LogP contribution in [-0.4, -0.2) is 120 Å². The maximum Gasteiger partial charge on any atom is 0.410 e. The maximum absolute atomic E-state index is 12.9. The van der Waals surface area contributed by atoms with Crippen LogP contribution in [0.3, 0.4) is 0 Å². The second-order valence-electron chi connectivity index (χ2n) is 19.4. The molecule has 4 fully saturated rings. The van der Waals surface area contributed by atoms with Crippen LogP contribution in [0.25, 0.3) is 0 Å². The van der Waals surface area contributed by atoms with Gasteiger partial charge >= 0.3 is 12.2 Å². The standard InChI is InChI=1S/C25H34N4O6.C25H32N4O5.Cl2OS/c1-4-25(2,3)20(30)23(33)28-14-8-12-18(28)21(31)26-27-22(32)19-13-9-15-29(19)24(34)35-16-17-10-6-5-7-11-17;1-4-25(2,3)20(30)23(31)28-14-8-12-18(28)21-26-27-22(34-21)19-13-9-15-29(19)24(32)33-16-17-10-6-5-7-11-17;1-4(2)3/h5-7,10-11,18-19H,4,8-9,12-16H2,1-3H3,(H,26,31)(H,27,32);5-7,10-11,18-19H,4,8-9,12-16H2,1-3H3;/t18-,19-;18-,19?;/m00./s1. The molecular weight excluding hydrogens is 1010 g/mol. The average Bonchev–Trinajstić information content (AvgIpc) is 4.26. The van der Waals surface area contributed by atoms with Crippen molar-refractivity contribution in [2.45, 2.75) is 143 Å². The number of Topliss-reactive ketones (excluding diaryl/α,β-unsaturated/α-hetero) is 2. The summed E-state index contributed by atoms with van der Waals surface area (Å²) in [6.07, 6.45) is 5.03. The molecule has 3 aromatic rings. The Morgan fingerprint density at radius 1 is 0.589 bits per heavy atom. The third-order valence-corrected chi connectivity index (χ3v) is 13.7. The Morgan fingerprint density at radius 3 is 1.40 bits per heavy atom. The van der Waals surface area contributed by atoms with Gasteiger partial charge in [-0.05, 0) is 75.3 Å². The molecule has 2 N–H and O–H groups in total. The van der Waals surface area contributed by atoms with Crippen LogP contribution in [0, 0.1) is 10.8 Å². The smallest absolute Gasteiger partial charge is 0.410 e. The minimum atomic E-state index is -1.67. The fraction of sp³-hybridized carbons (Fsp3) is 0.560. The van der Waals surface area contributed by atoms with Gasteiger partial charge in [0.25, 0.3) is 23.6 Å². The molecule has 73 heavy (non-hydrogen) atoms. The van der Waals surface area contributed by atoms with Gasteiger partial charge in [-0.25, -0.2) is 13.8 Å². The zero-order valence-electron chi connectivity index (χ0n) is 42.1. The van der Waals surface area contributed by atoms with E-state index in [9.17, 15) is 38.4 Å². The first kappa shape index (κ1) is 58.0. The Labute approximate surface area is 436 Å². The van der Waals surface area contributed by atoms with Crippen molar-refractivity contribution in [2.24, 2.45) is 10.8 Å². The topological polar surface area (TPSA) is 248 Å². The van der Waals surface area contributed by atoms with Crippen molar-refractivity contribution in [1.29, 1.82) is 0 Å². The quantitative estimate of drug-likeness (QED) is 0.0922. The summed E-state index contributed by atoms with van der Waals surface area (Å²) in [5.74, 6) is -2.56. The highest BCUT2D eigenvalue weighted by Gasteiger charge is 2.44. The highest BCUT2D eigenvalue weighted by Crippen LogP contribution is 2.37. The number of hydrogen-bond donors (Lipinski definition) is 2. The maximum atomic E-state index is 12.9. The van der Waals surface area contributed by atoms with Gasteiger partial charge in [0.2, 0.25) is 32.6 Å². The lowest BCUT2D eigenvalue weighted by Gasteiger charge is -2.28. The molecule has 0 radical (unpaired) electrons. The second-order valence-corrected chi connectivity index (χ2v) is 21.9. The summed E-state index contributed by atoms with van der Waals surface area (Å²) >= 11 is 0. The average molecular weight is 1070 g/mol. The summed E-state index contributed by atoms with van der Waals surface area (Å²) in [6, 6.07) is 16.3. The van der Waals surface area contributed by atoms with Crippen LogP contribution in [0.1, 0.15) is 141 Å². The Bertz CT molecular complexity index is 2440. The van der Waals surface area contributed by atoms with Crippen LogP contribution in [0.2, 0.25) is 0 Å². The fourth-order valence-corrected chi connectivity index (χ4v) is 8.62. The lowest BCUT2D eigenvalue weighted by atomic mass is 9.84. The number of aromatic nitrogens is 2. The fourth-order valence-electron chi connectivity index (χ4n) is 8.62. The Hall–Kier alpha value is -5.93. The number of amides is 6. The Morgan fingerprint density at radius 2 is 0.945 bits per heavy atom. The van der Waals surface area contributed by atoms with E-state index in [1.165, 1.54) is 9.80 Å². The molecule has 4 aliphatic heterocycles. The molecule has 5 heterocycles. The summed E-state index contributed by atoms with van der Waals surface area (Å²) in [4.78, 5) is 108. The summed E-state index contributed by atoms with van der Waals surface area (Å²) in [6.45, 7) is 12.7. The summed E-state index contributed by atoms with van der Waals surface area (Å²) in [7, 11) is 7.36. The number of nitrogens with zero attached hydrogens (tertiary/aromatic N) is 6. The molecule has 23 heteroatoms. The number of benzene rings is 2. The van der Waals surface area contributed by atoms with Gasteiger partial charge < -0.3 is 23.7 Å². The Balaban J connectivity index is 0.000000252. The predicted octanol–water partition coefficient (Wildman–Crippen LogP) is 7.19. The highest BCUT2D eigenvalue weighted by atomic mass is 36.0. The van der Waals surface area contributed by atoms with Crippen LogP contribution in [0.15, 0.2) is 65.1 Å². The van der Waals surface area contributed by atoms with E-state index in [4.69, 9.17) is 18.1 Å². The molecule has 4 saturated heterocycles. The van der Waals surface area contributed by atoms with Crippen LogP contribution in [0.4, 0.5) is 9.59 Å². The molecule has 4 aliphatic rings. The third kappa shape index (κ3) is 15.5. The Kier molecular flexibility index (Phi) is 21.3. The molecule has 4 atom stereocenters. The second kappa shape index (κ2) is 26.9. The lowest BCUT2D eigenvalue weighted by molar-refractivity contribution is -0.151. The molecule has 0 aliphatic carbocycles. The molecule has 1 unspecified atom stereocenters. The van der Waals surface area contributed by atoms with Crippen molar-refractivity contribution in [2.75, 3.05) is 26.2 Å². The van der Waals surface area contributed by atoms with Crippen molar-refractivity contribution < 1.29 is 56.5 Å². The van der Waals surface area contributed by atoms with E-state index in [1.807, 2.05) is 74.5 Å². The van der Waals surface area contributed by atoms with Crippen LogP contribution in [-0.2, 0) is 60.7 Å². The molecule has 7 rings (SSSR count). The monoisotopic (exact) mass is 1070 g/mol. The molecular formula is C50H66Cl2N8O12S. The number of carbonyl (C=O) groups is 8. The first-order valence-corrected chi connectivity index (χ1v) is 27.3. The minimum Gasteiger partial charge on any atom is -0.445 e. The number of likely N-dealkylation sites (tertiary alicyclic amines) is 4. The van der Waals surface area contributed by atoms with Crippen molar-refractivity contribution in [3.8, 4) is 0 Å². The SMILES string of the molecule is CCC(C)(C)C(=O)C(=O)N1CCC[C@H]1C(=O)NNC(=O)[C@@H]1CCCN1C(=O)OCc1ccccc1.CCC(C)(C)C(=O)C(=O)N1CCC[C@H]1c1nnc(C2CCCN2C(=O)OCc2ccccc2)o1.O=S(Cl)Cl. The van der Waals surface area contributed by atoms with E-state index in [2.05, 4.69) is 42.4 Å². The van der Waals surface area contributed by atoms with Crippen LogP contribution >= 0.6 is 21.4 Å². The van der Waals surface area contributed by atoms with Crippen LogP contribution in [0.5, 0.6) is 0 Å². The van der Waals surface area contributed by atoms with Crippen molar-refractivity contribution in [3.63, 3.8) is 0 Å². The van der Waals surface area contributed by atoms with E-state index >= 15 is 0 Å². The minimum absolute atomic E-state index is 0.0976. The normalized spacial score (nSPS) is 19.6. The van der Waals surface area contributed by atoms with Crippen molar-refractivity contribution >= 4 is 78.0 Å². The highest BCUT2D eigenvalue weighted by molar-refractivity contribution is 8.26. The first-order valence-electron chi connectivity index (χ1n) is 24.5. The van der Waals surface area contributed by atoms with Gasteiger partial charge in [-0.2, -0.15) is 0 Å². The van der Waals surface area contributed by atoms with E-state index in [1.54, 1.807) is 37.5 Å². The zero-order chi connectivity index (χ0) is 53.5. The molecule has 20 nitrogen and oxygen atoms in total. The molecule has 6 amide bonds. The number of carbonyl (C=O) groups excluding carboxylic acids is 8. The number of halogens is 2. The third-order valence-electron chi connectivity index (χ3n) is 13.7. The number of nitrogens with one attached hydrogen (secondary N) is 2. The lowest BCUT2D eigenvalue weighted by Crippen LogP contribution is -2.56. The predicted molar refractivity (Wildman–Crippen MR) is 269 cm³/mol. The van der Waals surface area contributed by atoms with E-state index in [-0.39, 0.29) is 19.3 Å². The molecule has 398 valence electrons. The van der Waals surface area contributed by atoms with Crippen LogP contribution < -0.4 is 10.9 Å². The van der Waals surface area contributed by atoms with Gasteiger partial charge in [0.1, 0.15) is 37.4 Å². The number of ether oxygens (including phenoxy) is 2. The molecule has 2 aromatic carbocycles. The number of rotatable bonds is 14. The van der Waals surface area contributed by atoms with E-state index in [0.29, 0.717) is 89.3 Å². The first-order chi connectivity index (χ1) is 34.7. The number of ketones is 2. The summed E-state index contributed by atoms with van der Waals surface area (Å²) in [5, 5.41) is 8.41. The summed E-state index contributed by atoms with van der Waals surface area (Å²) < 4.78 is 25.9.